The lowest BCUT2D eigenvalue weighted by Crippen LogP contribution is -2.44. The number of nitrogens with one attached hydrogen (secondary N) is 1. The molecule has 1 aliphatic heterocycles. The smallest absolute Gasteiger partial charge is 0.276 e. The molecule has 1 aliphatic rings. The number of benzene rings is 2. The van der Waals surface area contributed by atoms with Gasteiger partial charge in [-0.2, -0.15) is 0 Å². The Morgan fingerprint density at radius 1 is 1.04 bits per heavy atom. The van der Waals surface area contributed by atoms with E-state index < -0.39 is 0 Å². The number of fused-ring (bicyclic) bond motifs is 1. The van der Waals surface area contributed by atoms with Crippen molar-refractivity contribution in [1.82, 2.24) is 9.88 Å². The van der Waals surface area contributed by atoms with E-state index in [2.05, 4.69) is 10.2 Å². The van der Waals surface area contributed by atoms with Crippen LogP contribution in [0.25, 0.3) is 10.9 Å². The molecule has 1 fully saturated rings. The minimum atomic E-state index is -0.292. The Morgan fingerprint density at radius 3 is 2.46 bits per heavy atom. The number of hydrogen-bond acceptors (Lipinski definition) is 4. The van der Waals surface area contributed by atoms with Gasteiger partial charge in [0.15, 0.2) is 0 Å². The van der Waals surface area contributed by atoms with Gasteiger partial charge in [-0.1, -0.05) is 30.3 Å². The lowest BCUT2D eigenvalue weighted by Gasteiger charge is -2.31. The average molecular weight is 352 g/mol. The van der Waals surface area contributed by atoms with E-state index in [9.17, 15) is 9.18 Å². The molecular weight excluding hydrogens is 331 g/mol. The van der Waals surface area contributed by atoms with Crippen molar-refractivity contribution in [3.63, 3.8) is 0 Å². The van der Waals surface area contributed by atoms with Gasteiger partial charge < -0.3 is 20.5 Å². The van der Waals surface area contributed by atoms with E-state index in [4.69, 9.17) is 5.73 Å². The molecule has 0 bridgehead atoms. The number of nitrogen functional groups attached to an aromatic ring is 1. The van der Waals surface area contributed by atoms with Crippen LogP contribution < -0.4 is 21.5 Å². The molecule has 134 valence electrons. The van der Waals surface area contributed by atoms with Gasteiger partial charge in [-0.3, -0.25) is 4.79 Å². The highest BCUT2D eigenvalue weighted by Gasteiger charge is 2.20. The van der Waals surface area contributed by atoms with Gasteiger partial charge >= 0.3 is 0 Å². The number of halogens is 1. The van der Waals surface area contributed by atoms with Crippen LogP contribution in [0.4, 0.5) is 15.8 Å². The standard InChI is InChI=1S/C20H21FN4O/c21-15-7-5-14(6-8-15)13-25-17-4-2-1-3-16(17)19(18(22)20(25)26)24-11-9-23-10-12-24/h1-8,23H,9-13,22H2. The van der Waals surface area contributed by atoms with Crippen LogP contribution in [0.15, 0.2) is 53.3 Å². The molecule has 5 nitrogen and oxygen atoms in total. The zero-order chi connectivity index (χ0) is 18.1. The van der Waals surface area contributed by atoms with Gasteiger partial charge in [0.1, 0.15) is 11.5 Å². The van der Waals surface area contributed by atoms with Gasteiger partial charge in [0.05, 0.1) is 17.7 Å². The summed E-state index contributed by atoms with van der Waals surface area (Å²) in [6, 6.07) is 14.0. The molecule has 0 spiro atoms. The van der Waals surface area contributed by atoms with Crippen LogP contribution >= 0.6 is 0 Å². The maximum atomic E-state index is 13.2. The molecular formula is C20H21FN4O. The first-order valence-electron chi connectivity index (χ1n) is 8.76. The fraction of sp³-hybridized carbons (Fsp3) is 0.250. The van der Waals surface area contributed by atoms with Gasteiger partial charge in [0.25, 0.3) is 5.56 Å². The number of para-hydroxylation sites is 1. The Balaban J connectivity index is 1.88. The third kappa shape index (κ3) is 2.93. The van der Waals surface area contributed by atoms with Crippen molar-refractivity contribution in [2.24, 2.45) is 0 Å². The van der Waals surface area contributed by atoms with Crippen LogP contribution in [0.3, 0.4) is 0 Å². The minimum absolute atomic E-state index is 0.207. The highest BCUT2D eigenvalue weighted by Crippen LogP contribution is 2.31. The van der Waals surface area contributed by atoms with Crippen LogP contribution in [0.5, 0.6) is 0 Å². The molecule has 3 aromatic rings. The number of hydrogen-bond donors (Lipinski definition) is 2. The van der Waals surface area contributed by atoms with Crippen LogP contribution in [0.1, 0.15) is 5.56 Å². The number of piperazine rings is 1. The second-order valence-electron chi connectivity index (χ2n) is 6.53. The SMILES string of the molecule is Nc1c(N2CCNCC2)c2ccccc2n(Cc2ccc(F)cc2)c1=O. The molecule has 0 atom stereocenters. The quantitative estimate of drug-likeness (QED) is 0.758. The fourth-order valence-electron chi connectivity index (χ4n) is 3.57. The first-order chi connectivity index (χ1) is 12.6. The third-order valence-electron chi connectivity index (χ3n) is 4.87. The zero-order valence-electron chi connectivity index (χ0n) is 14.4. The molecule has 0 unspecified atom stereocenters. The van der Waals surface area contributed by atoms with Gasteiger partial charge in [-0.15, -0.1) is 0 Å². The summed E-state index contributed by atoms with van der Waals surface area (Å²) in [4.78, 5) is 15.2. The molecule has 0 radical (unpaired) electrons. The largest absolute Gasteiger partial charge is 0.393 e. The summed E-state index contributed by atoms with van der Waals surface area (Å²) in [5, 5.41) is 4.29. The molecule has 2 aromatic carbocycles. The van der Waals surface area contributed by atoms with Crippen molar-refractivity contribution in [3.05, 3.63) is 70.3 Å². The van der Waals surface area contributed by atoms with Gasteiger partial charge in [-0.05, 0) is 23.8 Å². The Labute approximate surface area is 150 Å². The highest BCUT2D eigenvalue weighted by molar-refractivity contribution is 5.98. The van der Waals surface area contributed by atoms with Gasteiger partial charge in [0.2, 0.25) is 0 Å². The van der Waals surface area contributed by atoms with Crippen LogP contribution in [-0.4, -0.2) is 30.7 Å². The Morgan fingerprint density at radius 2 is 1.73 bits per heavy atom. The predicted octanol–water partition coefficient (Wildman–Crippen LogP) is 2.18. The minimum Gasteiger partial charge on any atom is -0.393 e. The highest BCUT2D eigenvalue weighted by atomic mass is 19.1. The first-order valence-corrected chi connectivity index (χ1v) is 8.76. The number of rotatable bonds is 3. The van der Waals surface area contributed by atoms with E-state index >= 15 is 0 Å². The van der Waals surface area contributed by atoms with E-state index in [1.54, 1.807) is 16.7 Å². The number of nitrogens with two attached hydrogens (primary N) is 1. The molecule has 1 aromatic heterocycles. The van der Waals surface area contributed by atoms with Crippen molar-refractivity contribution < 1.29 is 4.39 Å². The molecule has 0 saturated carbocycles. The summed E-state index contributed by atoms with van der Waals surface area (Å²) in [6.07, 6.45) is 0. The van der Waals surface area contributed by atoms with Crippen molar-refractivity contribution in [2.45, 2.75) is 6.54 Å². The molecule has 0 aliphatic carbocycles. The van der Waals surface area contributed by atoms with E-state index in [0.717, 1.165) is 48.3 Å². The Hall–Kier alpha value is -2.86. The maximum absolute atomic E-state index is 13.2. The van der Waals surface area contributed by atoms with E-state index in [-0.39, 0.29) is 17.1 Å². The van der Waals surface area contributed by atoms with E-state index in [1.807, 2.05) is 24.3 Å². The molecule has 0 amide bonds. The maximum Gasteiger partial charge on any atom is 0.276 e. The molecule has 2 heterocycles. The summed E-state index contributed by atoms with van der Waals surface area (Å²) in [6.45, 7) is 3.72. The van der Waals surface area contributed by atoms with Gasteiger partial charge in [-0.25, -0.2) is 4.39 Å². The summed E-state index contributed by atoms with van der Waals surface area (Å²) in [5.41, 5.74) is 8.88. The monoisotopic (exact) mass is 352 g/mol. The van der Waals surface area contributed by atoms with Crippen LogP contribution in [0.2, 0.25) is 0 Å². The fourth-order valence-corrected chi connectivity index (χ4v) is 3.57. The number of pyridine rings is 1. The molecule has 1 saturated heterocycles. The second kappa shape index (κ2) is 6.80. The molecule has 3 N–H and O–H groups in total. The summed E-state index contributed by atoms with van der Waals surface area (Å²) >= 11 is 0. The lowest BCUT2D eigenvalue weighted by atomic mass is 10.1. The molecule has 4 rings (SSSR count). The van der Waals surface area contributed by atoms with Crippen LogP contribution in [-0.2, 0) is 6.54 Å². The number of aromatic nitrogens is 1. The lowest BCUT2D eigenvalue weighted by molar-refractivity contribution is 0.590. The van der Waals surface area contributed by atoms with Crippen molar-refractivity contribution in [1.29, 1.82) is 0 Å². The predicted molar refractivity (Wildman–Crippen MR) is 103 cm³/mol. The third-order valence-corrected chi connectivity index (χ3v) is 4.87. The van der Waals surface area contributed by atoms with Crippen molar-refractivity contribution >= 4 is 22.3 Å². The Kier molecular flexibility index (Phi) is 4.34. The van der Waals surface area contributed by atoms with Gasteiger partial charge in [0, 0.05) is 31.6 Å². The molecule has 6 heteroatoms. The van der Waals surface area contributed by atoms with Crippen molar-refractivity contribution in [3.8, 4) is 0 Å². The first kappa shape index (κ1) is 16.6. The zero-order valence-corrected chi connectivity index (χ0v) is 14.4. The molecule has 26 heavy (non-hydrogen) atoms. The average Bonchev–Trinajstić information content (AvgIpc) is 2.68. The topological polar surface area (TPSA) is 63.3 Å². The summed E-state index contributed by atoms with van der Waals surface area (Å²) in [7, 11) is 0. The van der Waals surface area contributed by atoms with Crippen molar-refractivity contribution in [2.75, 3.05) is 36.8 Å². The normalized spacial score (nSPS) is 14.7. The number of anilines is 2. The number of nitrogens with zero attached hydrogens (tertiary/aromatic N) is 2. The van der Waals surface area contributed by atoms with E-state index in [0.29, 0.717) is 6.54 Å². The van der Waals surface area contributed by atoms with Crippen LogP contribution in [0, 0.1) is 5.82 Å². The summed E-state index contributed by atoms with van der Waals surface area (Å²) < 4.78 is 14.9. The second-order valence-corrected chi connectivity index (χ2v) is 6.53. The summed E-state index contributed by atoms with van der Waals surface area (Å²) in [5.74, 6) is -0.292. The van der Waals surface area contributed by atoms with E-state index in [1.165, 1.54) is 12.1 Å². The Bertz CT molecular complexity index is 991.